The van der Waals surface area contributed by atoms with Crippen LogP contribution in [0, 0.1) is 6.92 Å². The lowest BCUT2D eigenvalue weighted by atomic mass is 10.4. The van der Waals surface area contributed by atoms with Crippen LogP contribution in [0.1, 0.15) is 11.5 Å². The van der Waals surface area contributed by atoms with Crippen molar-refractivity contribution in [3.8, 4) is 0 Å². The molecule has 0 saturated carbocycles. The summed E-state index contributed by atoms with van der Waals surface area (Å²) in [5, 5.41) is 7.41. The fourth-order valence-electron chi connectivity index (χ4n) is 1.65. The van der Waals surface area contributed by atoms with Crippen LogP contribution in [0.2, 0.25) is 0 Å². The van der Waals surface area contributed by atoms with Gasteiger partial charge in [-0.15, -0.1) is 5.10 Å². The summed E-state index contributed by atoms with van der Waals surface area (Å²) in [4.78, 5) is 4.33. The Bertz CT molecular complexity index is 608. The summed E-state index contributed by atoms with van der Waals surface area (Å²) in [6, 6.07) is 9.65. The first-order valence-corrected chi connectivity index (χ1v) is 5.42. The van der Waals surface area contributed by atoms with E-state index in [4.69, 9.17) is 4.42 Å². The Hall–Kier alpha value is -2.30. The SMILES string of the molecule is Cc1ccc(CNc2nc3ccccn3n2)o1. The molecule has 17 heavy (non-hydrogen) atoms. The van der Waals surface area contributed by atoms with E-state index in [1.807, 2.05) is 43.5 Å². The minimum Gasteiger partial charge on any atom is -0.465 e. The van der Waals surface area contributed by atoms with Crippen LogP contribution in [-0.4, -0.2) is 14.6 Å². The van der Waals surface area contributed by atoms with E-state index in [1.54, 1.807) is 4.52 Å². The van der Waals surface area contributed by atoms with Crippen LogP contribution in [0.3, 0.4) is 0 Å². The fraction of sp³-hybridized carbons (Fsp3) is 0.167. The van der Waals surface area contributed by atoms with Crippen molar-refractivity contribution in [3.05, 3.63) is 48.0 Å². The molecule has 0 bridgehead atoms. The number of pyridine rings is 1. The first kappa shape index (κ1) is 9.89. The van der Waals surface area contributed by atoms with Crippen LogP contribution >= 0.6 is 0 Å². The van der Waals surface area contributed by atoms with E-state index in [0.717, 1.165) is 17.2 Å². The van der Waals surface area contributed by atoms with Crippen LogP contribution in [0.25, 0.3) is 5.65 Å². The topological polar surface area (TPSA) is 55.4 Å². The lowest BCUT2D eigenvalue weighted by molar-refractivity contribution is 0.490. The lowest BCUT2D eigenvalue weighted by Crippen LogP contribution is -2.00. The van der Waals surface area contributed by atoms with Gasteiger partial charge in [0.25, 0.3) is 0 Å². The van der Waals surface area contributed by atoms with Crippen LogP contribution < -0.4 is 5.32 Å². The molecule has 0 radical (unpaired) electrons. The van der Waals surface area contributed by atoms with E-state index in [0.29, 0.717) is 12.5 Å². The minimum absolute atomic E-state index is 0.588. The van der Waals surface area contributed by atoms with Crippen LogP contribution in [0.4, 0.5) is 5.95 Å². The highest BCUT2D eigenvalue weighted by atomic mass is 16.3. The second-order valence-electron chi connectivity index (χ2n) is 3.80. The molecule has 0 atom stereocenters. The third-order valence-corrected chi connectivity index (χ3v) is 2.46. The summed E-state index contributed by atoms with van der Waals surface area (Å²) in [7, 11) is 0. The van der Waals surface area contributed by atoms with E-state index in [-0.39, 0.29) is 0 Å². The van der Waals surface area contributed by atoms with Gasteiger partial charge in [0.15, 0.2) is 5.65 Å². The molecule has 0 aliphatic rings. The molecule has 0 unspecified atom stereocenters. The molecular weight excluding hydrogens is 216 g/mol. The van der Waals surface area contributed by atoms with Gasteiger partial charge in [0.1, 0.15) is 11.5 Å². The van der Waals surface area contributed by atoms with Crippen molar-refractivity contribution < 1.29 is 4.42 Å². The second kappa shape index (κ2) is 3.93. The molecule has 1 N–H and O–H groups in total. The maximum absolute atomic E-state index is 5.45. The minimum atomic E-state index is 0.588. The summed E-state index contributed by atoms with van der Waals surface area (Å²) in [5.74, 6) is 2.39. The summed E-state index contributed by atoms with van der Waals surface area (Å²) in [5.41, 5.74) is 0.825. The quantitative estimate of drug-likeness (QED) is 0.747. The van der Waals surface area contributed by atoms with Crippen molar-refractivity contribution in [2.24, 2.45) is 0 Å². The van der Waals surface area contributed by atoms with Crippen molar-refractivity contribution in [2.45, 2.75) is 13.5 Å². The molecule has 3 rings (SSSR count). The Morgan fingerprint density at radius 1 is 1.29 bits per heavy atom. The Kier molecular flexibility index (Phi) is 2.29. The van der Waals surface area contributed by atoms with Crippen LogP contribution in [0.5, 0.6) is 0 Å². The maximum atomic E-state index is 5.45. The van der Waals surface area contributed by atoms with E-state index >= 15 is 0 Å². The standard InChI is InChI=1S/C12H12N4O/c1-9-5-6-10(17-9)8-13-12-14-11-4-2-3-7-16(11)15-12/h2-7H,8H2,1H3,(H,13,15). The van der Waals surface area contributed by atoms with Gasteiger partial charge >= 0.3 is 0 Å². The van der Waals surface area contributed by atoms with Crippen molar-refractivity contribution in [3.63, 3.8) is 0 Å². The number of furan rings is 1. The number of hydrogen-bond acceptors (Lipinski definition) is 4. The van der Waals surface area contributed by atoms with Crippen molar-refractivity contribution in [1.29, 1.82) is 0 Å². The third kappa shape index (κ3) is 1.99. The highest BCUT2D eigenvalue weighted by Gasteiger charge is 2.03. The first-order valence-electron chi connectivity index (χ1n) is 5.42. The van der Waals surface area contributed by atoms with Crippen molar-refractivity contribution >= 4 is 11.6 Å². The molecule has 0 spiro atoms. The number of anilines is 1. The van der Waals surface area contributed by atoms with Gasteiger partial charge < -0.3 is 9.73 Å². The molecule has 0 aliphatic heterocycles. The third-order valence-electron chi connectivity index (χ3n) is 2.46. The fourth-order valence-corrected chi connectivity index (χ4v) is 1.65. The summed E-state index contributed by atoms with van der Waals surface area (Å²) >= 11 is 0. The Balaban J connectivity index is 1.76. The van der Waals surface area contributed by atoms with Crippen molar-refractivity contribution in [1.82, 2.24) is 14.6 Å². The summed E-state index contributed by atoms with van der Waals surface area (Å²) in [6.07, 6.45) is 1.87. The largest absolute Gasteiger partial charge is 0.465 e. The normalized spacial score (nSPS) is 10.9. The van der Waals surface area contributed by atoms with E-state index in [9.17, 15) is 0 Å². The Morgan fingerprint density at radius 3 is 3.00 bits per heavy atom. The zero-order valence-electron chi connectivity index (χ0n) is 9.42. The van der Waals surface area contributed by atoms with Gasteiger partial charge in [-0.25, -0.2) is 4.52 Å². The molecule has 5 heteroatoms. The van der Waals surface area contributed by atoms with Crippen LogP contribution in [0.15, 0.2) is 40.9 Å². The smallest absolute Gasteiger partial charge is 0.243 e. The molecule has 0 fully saturated rings. The van der Waals surface area contributed by atoms with Crippen molar-refractivity contribution in [2.75, 3.05) is 5.32 Å². The molecule has 86 valence electrons. The summed E-state index contributed by atoms with van der Waals surface area (Å²) < 4.78 is 7.19. The lowest BCUT2D eigenvalue weighted by Gasteiger charge is -1.96. The highest BCUT2D eigenvalue weighted by Crippen LogP contribution is 2.09. The van der Waals surface area contributed by atoms with Gasteiger partial charge in [0, 0.05) is 6.20 Å². The van der Waals surface area contributed by atoms with Gasteiger partial charge in [0.2, 0.25) is 5.95 Å². The molecule has 5 nitrogen and oxygen atoms in total. The number of nitrogens with one attached hydrogen (secondary N) is 1. The number of rotatable bonds is 3. The molecule has 3 heterocycles. The molecule has 3 aromatic heterocycles. The zero-order chi connectivity index (χ0) is 11.7. The van der Waals surface area contributed by atoms with Gasteiger partial charge in [-0.2, -0.15) is 4.98 Å². The van der Waals surface area contributed by atoms with E-state index in [1.165, 1.54) is 0 Å². The molecular formula is C12H12N4O. The van der Waals surface area contributed by atoms with Crippen LogP contribution in [-0.2, 0) is 6.54 Å². The molecule has 3 aromatic rings. The Morgan fingerprint density at radius 2 is 2.24 bits per heavy atom. The monoisotopic (exact) mass is 228 g/mol. The van der Waals surface area contributed by atoms with Gasteiger partial charge in [-0.1, -0.05) is 6.07 Å². The Labute approximate surface area is 98.1 Å². The number of nitrogens with zero attached hydrogens (tertiary/aromatic N) is 3. The maximum Gasteiger partial charge on any atom is 0.243 e. The van der Waals surface area contributed by atoms with Gasteiger partial charge in [0.05, 0.1) is 6.54 Å². The molecule has 0 aromatic carbocycles. The number of aryl methyl sites for hydroxylation is 1. The predicted molar refractivity (Wildman–Crippen MR) is 63.8 cm³/mol. The molecule has 0 amide bonds. The molecule has 0 saturated heterocycles. The average molecular weight is 228 g/mol. The molecule has 0 aliphatic carbocycles. The number of aromatic nitrogens is 3. The highest BCUT2D eigenvalue weighted by molar-refractivity contribution is 5.42. The van der Waals surface area contributed by atoms with E-state index < -0.39 is 0 Å². The predicted octanol–water partition coefficient (Wildman–Crippen LogP) is 2.24. The first-order chi connectivity index (χ1) is 8.31. The van der Waals surface area contributed by atoms with E-state index in [2.05, 4.69) is 15.4 Å². The number of fused-ring (bicyclic) bond motifs is 1. The second-order valence-corrected chi connectivity index (χ2v) is 3.80. The average Bonchev–Trinajstić information content (AvgIpc) is 2.91. The number of hydrogen-bond donors (Lipinski definition) is 1. The van der Waals surface area contributed by atoms with Gasteiger partial charge in [-0.05, 0) is 31.2 Å². The zero-order valence-corrected chi connectivity index (χ0v) is 9.42. The summed E-state index contributed by atoms with van der Waals surface area (Å²) in [6.45, 7) is 2.51. The van der Waals surface area contributed by atoms with Gasteiger partial charge in [-0.3, -0.25) is 0 Å².